The van der Waals surface area contributed by atoms with E-state index in [1.165, 1.54) is 0 Å². The van der Waals surface area contributed by atoms with Crippen molar-refractivity contribution in [3.63, 3.8) is 0 Å². The van der Waals surface area contributed by atoms with Gasteiger partial charge in [0.05, 0.1) is 31.7 Å². The molecule has 1 aromatic carbocycles. The lowest BCUT2D eigenvalue weighted by atomic mass is 10.2. The molecule has 2 aromatic rings. The van der Waals surface area contributed by atoms with Gasteiger partial charge in [0.15, 0.2) is 0 Å². The SMILES string of the molecule is C=CC(=O)OCCCC=Nc1ccc(C#CC#Cc2ccc(OCCCCCOC(=O)C=C)cn2)cc1. The van der Waals surface area contributed by atoms with Crippen LogP contribution in [-0.2, 0) is 19.1 Å². The minimum absolute atomic E-state index is 0.346. The van der Waals surface area contributed by atoms with Gasteiger partial charge < -0.3 is 14.2 Å². The van der Waals surface area contributed by atoms with E-state index in [-0.39, 0.29) is 0 Å². The number of carbonyl (C=O) groups excluding carboxylic acids is 2. The predicted molar refractivity (Wildman–Crippen MR) is 143 cm³/mol. The molecular weight excluding hydrogens is 468 g/mol. The predicted octanol–water partition coefficient (Wildman–Crippen LogP) is 4.97. The van der Waals surface area contributed by atoms with Crippen molar-refractivity contribution in [3.05, 3.63) is 79.2 Å². The largest absolute Gasteiger partial charge is 0.492 e. The minimum Gasteiger partial charge on any atom is -0.492 e. The van der Waals surface area contributed by atoms with E-state index in [0.29, 0.717) is 44.1 Å². The first kappa shape index (κ1) is 28.6. The van der Waals surface area contributed by atoms with Crippen molar-refractivity contribution in [2.24, 2.45) is 4.99 Å². The average Bonchev–Trinajstić information content (AvgIpc) is 2.93. The fourth-order valence-corrected chi connectivity index (χ4v) is 2.75. The zero-order valence-corrected chi connectivity index (χ0v) is 20.8. The Morgan fingerprint density at radius 2 is 1.51 bits per heavy atom. The molecule has 2 rings (SSSR count). The van der Waals surface area contributed by atoms with Gasteiger partial charge in [-0.15, -0.1) is 0 Å². The van der Waals surface area contributed by atoms with E-state index >= 15 is 0 Å². The summed E-state index contributed by atoms with van der Waals surface area (Å²) < 4.78 is 15.5. The number of nitrogens with zero attached hydrogens (tertiary/aromatic N) is 2. The van der Waals surface area contributed by atoms with Gasteiger partial charge in [-0.25, -0.2) is 14.6 Å². The van der Waals surface area contributed by atoms with Crippen LogP contribution < -0.4 is 4.74 Å². The van der Waals surface area contributed by atoms with Gasteiger partial charge in [-0.05, 0) is 86.3 Å². The van der Waals surface area contributed by atoms with Gasteiger partial charge >= 0.3 is 11.9 Å². The molecule has 0 aliphatic heterocycles. The first-order chi connectivity index (χ1) is 18.1. The normalized spacial score (nSPS) is 9.84. The maximum absolute atomic E-state index is 10.9. The number of aliphatic imine (C=N–C) groups is 1. The molecule has 0 atom stereocenters. The second-order valence-electron chi connectivity index (χ2n) is 7.53. The number of rotatable bonds is 14. The zero-order chi connectivity index (χ0) is 26.6. The first-order valence-electron chi connectivity index (χ1n) is 11.9. The molecular formula is C30H30N2O5. The molecule has 1 aromatic heterocycles. The Labute approximate surface area is 218 Å². The van der Waals surface area contributed by atoms with E-state index in [1.807, 2.05) is 30.3 Å². The molecule has 0 aliphatic rings. The van der Waals surface area contributed by atoms with E-state index in [1.54, 1.807) is 18.5 Å². The number of benzene rings is 1. The van der Waals surface area contributed by atoms with Gasteiger partial charge in [0.25, 0.3) is 0 Å². The second-order valence-corrected chi connectivity index (χ2v) is 7.53. The molecule has 37 heavy (non-hydrogen) atoms. The van der Waals surface area contributed by atoms with Crippen LogP contribution in [0.3, 0.4) is 0 Å². The third-order valence-corrected chi connectivity index (χ3v) is 4.66. The Hall–Kier alpha value is -4.62. The van der Waals surface area contributed by atoms with Crippen LogP contribution in [0.2, 0.25) is 0 Å². The lowest BCUT2D eigenvalue weighted by Gasteiger charge is -2.05. The van der Waals surface area contributed by atoms with Crippen molar-refractivity contribution in [2.45, 2.75) is 32.1 Å². The average molecular weight is 499 g/mol. The van der Waals surface area contributed by atoms with Gasteiger partial charge in [0, 0.05) is 23.9 Å². The molecule has 7 nitrogen and oxygen atoms in total. The summed E-state index contributed by atoms with van der Waals surface area (Å²) in [6, 6.07) is 11.1. The topological polar surface area (TPSA) is 87.1 Å². The molecule has 0 N–H and O–H groups in total. The summed E-state index contributed by atoms with van der Waals surface area (Å²) in [5.74, 6) is 11.4. The fraction of sp³-hybridized carbons (Fsp3) is 0.267. The maximum atomic E-state index is 10.9. The summed E-state index contributed by atoms with van der Waals surface area (Å²) in [6.45, 7) is 8.00. The lowest BCUT2D eigenvalue weighted by molar-refractivity contribution is -0.138. The second kappa shape index (κ2) is 17.8. The smallest absolute Gasteiger partial charge is 0.330 e. The Morgan fingerprint density at radius 1 is 0.838 bits per heavy atom. The van der Waals surface area contributed by atoms with E-state index in [9.17, 15) is 9.59 Å². The van der Waals surface area contributed by atoms with Crippen molar-refractivity contribution < 1.29 is 23.8 Å². The highest BCUT2D eigenvalue weighted by Crippen LogP contribution is 2.12. The van der Waals surface area contributed by atoms with Crippen LogP contribution in [0, 0.1) is 23.7 Å². The molecule has 1 heterocycles. The van der Waals surface area contributed by atoms with Gasteiger partial charge in [0.1, 0.15) is 11.4 Å². The van der Waals surface area contributed by atoms with Crippen molar-refractivity contribution in [1.82, 2.24) is 4.98 Å². The van der Waals surface area contributed by atoms with Crippen molar-refractivity contribution >= 4 is 23.8 Å². The van der Waals surface area contributed by atoms with Crippen molar-refractivity contribution in [2.75, 3.05) is 19.8 Å². The molecule has 0 saturated carbocycles. The number of carbonyl (C=O) groups is 2. The van der Waals surface area contributed by atoms with E-state index in [4.69, 9.17) is 14.2 Å². The van der Waals surface area contributed by atoms with Crippen LogP contribution in [0.15, 0.2) is 72.9 Å². The molecule has 0 fully saturated rings. The molecule has 0 amide bonds. The number of ether oxygens (including phenoxy) is 3. The number of aromatic nitrogens is 1. The molecule has 7 heteroatoms. The van der Waals surface area contributed by atoms with Crippen LogP contribution in [0.5, 0.6) is 5.75 Å². The highest BCUT2D eigenvalue weighted by Gasteiger charge is 1.98. The lowest BCUT2D eigenvalue weighted by Crippen LogP contribution is -2.03. The summed E-state index contributed by atoms with van der Waals surface area (Å²) in [5, 5.41) is 0. The number of unbranched alkanes of at least 4 members (excludes halogenated alkanes) is 3. The summed E-state index contributed by atoms with van der Waals surface area (Å²) in [7, 11) is 0. The minimum atomic E-state index is -0.413. The van der Waals surface area contributed by atoms with Crippen molar-refractivity contribution in [3.8, 4) is 29.4 Å². The summed E-state index contributed by atoms with van der Waals surface area (Å²) in [4.78, 5) is 30.5. The molecule has 0 aliphatic carbocycles. The van der Waals surface area contributed by atoms with E-state index < -0.39 is 11.9 Å². The fourth-order valence-electron chi connectivity index (χ4n) is 2.75. The summed E-state index contributed by atoms with van der Waals surface area (Å²) in [5.41, 5.74) is 2.26. The Bertz CT molecular complexity index is 1180. The van der Waals surface area contributed by atoms with Crippen LogP contribution in [0.1, 0.15) is 43.4 Å². The van der Waals surface area contributed by atoms with Gasteiger partial charge in [-0.1, -0.05) is 19.1 Å². The third kappa shape index (κ3) is 13.2. The highest BCUT2D eigenvalue weighted by atomic mass is 16.5. The van der Waals surface area contributed by atoms with Crippen LogP contribution in [-0.4, -0.2) is 43.0 Å². The number of hydrogen-bond donors (Lipinski definition) is 0. The Kier molecular flexibility index (Phi) is 13.7. The van der Waals surface area contributed by atoms with E-state index in [2.05, 4.69) is 46.8 Å². The quantitative estimate of drug-likeness (QED) is 0.120. The maximum Gasteiger partial charge on any atom is 0.330 e. The number of hydrogen-bond acceptors (Lipinski definition) is 7. The van der Waals surface area contributed by atoms with Crippen LogP contribution in [0.4, 0.5) is 5.69 Å². The number of esters is 2. The zero-order valence-electron chi connectivity index (χ0n) is 20.8. The molecule has 190 valence electrons. The monoisotopic (exact) mass is 498 g/mol. The first-order valence-corrected chi connectivity index (χ1v) is 11.9. The Balaban J connectivity index is 1.68. The number of pyridine rings is 1. The van der Waals surface area contributed by atoms with Crippen LogP contribution >= 0.6 is 0 Å². The summed E-state index contributed by atoms with van der Waals surface area (Å²) in [6.07, 6.45) is 9.68. The summed E-state index contributed by atoms with van der Waals surface area (Å²) >= 11 is 0. The Morgan fingerprint density at radius 3 is 2.19 bits per heavy atom. The standard InChI is InChI=1S/C30H30N2O5/c1-3-29(33)36-22-10-5-9-21-35-28-19-18-26(32-24-28)13-7-6-12-25-14-16-27(17-15-25)31-20-8-11-23-37-30(34)4-2/h3-4,14-20,24H,1-2,5,8-11,21-23H2. The van der Waals surface area contributed by atoms with Gasteiger partial charge in [0.2, 0.25) is 0 Å². The molecule has 0 spiro atoms. The van der Waals surface area contributed by atoms with Gasteiger partial charge in [-0.3, -0.25) is 4.99 Å². The molecule has 0 radical (unpaired) electrons. The molecule has 0 bridgehead atoms. The van der Waals surface area contributed by atoms with Gasteiger partial charge in [-0.2, -0.15) is 0 Å². The highest BCUT2D eigenvalue weighted by molar-refractivity contribution is 5.81. The molecule has 0 saturated heterocycles. The molecule has 0 unspecified atom stereocenters. The van der Waals surface area contributed by atoms with Crippen LogP contribution in [0.25, 0.3) is 0 Å². The van der Waals surface area contributed by atoms with E-state index in [0.717, 1.165) is 42.7 Å². The third-order valence-electron chi connectivity index (χ3n) is 4.66. The van der Waals surface area contributed by atoms with Crippen molar-refractivity contribution in [1.29, 1.82) is 0 Å².